The number of carbonyl (C=O) groups excluding carboxylic acids is 1. The van der Waals surface area contributed by atoms with Crippen LogP contribution in [0.1, 0.15) is 10.4 Å². The number of amides is 1. The van der Waals surface area contributed by atoms with Crippen molar-refractivity contribution < 1.29 is 4.79 Å². The van der Waals surface area contributed by atoms with Gasteiger partial charge in [0.1, 0.15) is 0 Å². The zero-order chi connectivity index (χ0) is 14.8. The van der Waals surface area contributed by atoms with Crippen LogP contribution in [0.2, 0.25) is 5.02 Å². The lowest BCUT2D eigenvalue weighted by Gasteiger charge is -2.09. The van der Waals surface area contributed by atoms with E-state index in [1.807, 2.05) is 30.3 Å². The third-order valence-electron chi connectivity index (χ3n) is 3.05. The third kappa shape index (κ3) is 2.91. The number of nitrogens with zero attached hydrogens (tertiary/aromatic N) is 1. The number of halogens is 2. The van der Waals surface area contributed by atoms with Crippen molar-refractivity contribution in [3.8, 4) is 0 Å². The minimum atomic E-state index is -0.237. The van der Waals surface area contributed by atoms with Crippen LogP contribution in [0.4, 0.5) is 5.69 Å². The summed E-state index contributed by atoms with van der Waals surface area (Å²) < 4.78 is 0.846. The van der Waals surface area contributed by atoms with Gasteiger partial charge in [0.2, 0.25) is 0 Å². The molecule has 0 atom stereocenters. The van der Waals surface area contributed by atoms with Crippen molar-refractivity contribution >= 4 is 50.0 Å². The molecule has 0 bridgehead atoms. The first-order chi connectivity index (χ1) is 10.1. The first-order valence-electron chi connectivity index (χ1n) is 6.25. The van der Waals surface area contributed by atoms with Crippen molar-refractivity contribution in [3.05, 3.63) is 69.8 Å². The van der Waals surface area contributed by atoms with Crippen molar-refractivity contribution in [2.24, 2.45) is 0 Å². The number of aromatic nitrogens is 1. The normalized spacial score (nSPS) is 10.6. The van der Waals surface area contributed by atoms with E-state index in [0.29, 0.717) is 21.8 Å². The van der Waals surface area contributed by atoms with Gasteiger partial charge in [0, 0.05) is 16.1 Å². The van der Waals surface area contributed by atoms with Crippen LogP contribution < -0.4 is 5.32 Å². The van der Waals surface area contributed by atoms with E-state index in [0.717, 1.165) is 9.86 Å². The fraction of sp³-hybridized carbons (Fsp3) is 0. The quantitative estimate of drug-likeness (QED) is 0.705. The molecule has 0 aliphatic heterocycles. The minimum absolute atomic E-state index is 0.237. The van der Waals surface area contributed by atoms with E-state index < -0.39 is 0 Å². The first-order valence-corrected chi connectivity index (χ1v) is 7.42. The van der Waals surface area contributed by atoms with Crippen LogP contribution >= 0.6 is 27.5 Å². The van der Waals surface area contributed by atoms with E-state index in [4.69, 9.17) is 11.6 Å². The Morgan fingerprint density at radius 3 is 2.81 bits per heavy atom. The smallest absolute Gasteiger partial charge is 0.257 e. The average Bonchev–Trinajstić information content (AvgIpc) is 2.50. The zero-order valence-electron chi connectivity index (χ0n) is 10.8. The van der Waals surface area contributed by atoms with Gasteiger partial charge in [0.05, 0.1) is 21.8 Å². The summed E-state index contributed by atoms with van der Waals surface area (Å²) >= 11 is 9.45. The molecule has 1 N–H and O–H groups in total. The highest BCUT2D eigenvalue weighted by molar-refractivity contribution is 9.10. The molecule has 1 amide bonds. The van der Waals surface area contributed by atoms with E-state index in [1.165, 1.54) is 0 Å². The van der Waals surface area contributed by atoms with E-state index in [2.05, 4.69) is 26.2 Å². The highest BCUT2D eigenvalue weighted by Crippen LogP contribution is 2.26. The second-order valence-corrected chi connectivity index (χ2v) is 5.78. The predicted octanol–water partition coefficient (Wildman–Crippen LogP) is 4.90. The van der Waals surface area contributed by atoms with Crippen molar-refractivity contribution in [1.29, 1.82) is 0 Å². The first kappa shape index (κ1) is 14.0. The van der Waals surface area contributed by atoms with E-state index in [1.54, 1.807) is 24.4 Å². The Balaban J connectivity index is 1.99. The van der Waals surface area contributed by atoms with Crippen LogP contribution in [0.15, 0.2) is 59.2 Å². The number of hydrogen-bond acceptors (Lipinski definition) is 2. The molecular formula is C16H10BrClN2O. The van der Waals surface area contributed by atoms with Crippen LogP contribution in [-0.2, 0) is 0 Å². The second kappa shape index (κ2) is 5.84. The Hall–Kier alpha value is -1.91. The second-order valence-electron chi connectivity index (χ2n) is 4.46. The highest BCUT2D eigenvalue weighted by Gasteiger charge is 2.12. The van der Waals surface area contributed by atoms with Crippen LogP contribution in [0.3, 0.4) is 0 Å². The number of rotatable bonds is 2. The lowest BCUT2D eigenvalue weighted by atomic mass is 10.1. The van der Waals surface area contributed by atoms with Gasteiger partial charge in [-0.1, -0.05) is 45.7 Å². The largest absolute Gasteiger partial charge is 0.321 e. The predicted molar refractivity (Wildman–Crippen MR) is 88.8 cm³/mol. The van der Waals surface area contributed by atoms with Gasteiger partial charge in [-0.15, -0.1) is 0 Å². The molecule has 0 spiro atoms. The molecule has 2 aromatic carbocycles. The molecule has 0 unspecified atom stereocenters. The van der Waals surface area contributed by atoms with Crippen LogP contribution in [0, 0.1) is 0 Å². The number of nitrogens with one attached hydrogen (secondary N) is 1. The molecule has 3 aromatic rings. The fourth-order valence-electron chi connectivity index (χ4n) is 2.07. The number of para-hydroxylation sites is 1. The number of hydrogen-bond donors (Lipinski definition) is 1. The fourth-order valence-corrected chi connectivity index (χ4v) is 2.60. The molecule has 5 heteroatoms. The summed E-state index contributed by atoms with van der Waals surface area (Å²) in [6.45, 7) is 0. The van der Waals surface area contributed by atoms with Gasteiger partial charge in [-0.25, -0.2) is 0 Å². The van der Waals surface area contributed by atoms with E-state index in [9.17, 15) is 4.79 Å². The molecule has 104 valence electrons. The zero-order valence-corrected chi connectivity index (χ0v) is 13.1. The molecule has 1 heterocycles. The van der Waals surface area contributed by atoms with Crippen molar-refractivity contribution in [3.63, 3.8) is 0 Å². The molecule has 1 aromatic heterocycles. The van der Waals surface area contributed by atoms with Gasteiger partial charge >= 0.3 is 0 Å². The van der Waals surface area contributed by atoms with E-state index >= 15 is 0 Å². The highest BCUT2D eigenvalue weighted by atomic mass is 79.9. The van der Waals surface area contributed by atoms with Crippen molar-refractivity contribution in [2.75, 3.05) is 5.32 Å². The van der Waals surface area contributed by atoms with Gasteiger partial charge in [-0.05, 0) is 30.3 Å². The lowest BCUT2D eigenvalue weighted by molar-refractivity contribution is 0.102. The summed E-state index contributed by atoms with van der Waals surface area (Å²) in [7, 11) is 0. The summed E-state index contributed by atoms with van der Waals surface area (Å²) in [5.74, 6) is -0.237. The summed E-state index contributed by atoms with van der Waals surface area (Å²) in [6.07, 6.45) is 1.67. The Labute approximate surface area is 135 Å². The summed E-state index contributed by atoms with van der Waals surface area (Å²) in [5.41, 5.74) is 1.75. The number of carbonyl (C=O) groups is 1. The molecule has 0 aliphatic carbocycles. The molecule has 0 fully saturated rings. The van der Waals surface area contributed by atoms with Gasteiger partial charge in [-0.3, -0.25) is 9.78 Å². The summed E-state index contributed by atoms with van der Waals surface area (Å²) in [5, 5.41) is 4.23. The Morgan fingerprint density at radius 1 is 1.14 bits per heavy atom. The topological polar surface area (TPSA) is 42.0 Å². The molecule has 0 aliphatic rings. The van der Waals surface area contributed by atoms with Gasteiger partial charge in [0.15, 0.2) is 0 Å². The monoisotopic (exact) mass is 360 g/mol. The maximum absolute atomic E-state index is 12.5. The standard InChI is InChI=1S/C16H10BrClN2O/c17-11-6-7-13(18)14(9-11)20-16(21)12-5-1-3-10-4-2-8-19-15(10)12/h1-9H,(H,20,21). The Morgan fingerprint density at radius 2 is 1.95 bits per heavy atom. The van der Waals surface area contributed by atoms with Crippen LogP contribution in [0.5, 0.6) is 0 Å². The maximum atomic E-state index is 12.5. The lowest BCUT2D eigenvalue weighted by Crippen LogP contribution is -2.13. The molecule has 21 heavy (non-hydrogen) atoms. The number of fused-ring (bicyclic) bond motifs is 1. The Kier molecular flexibility index (Phi) is 3.90. The van der Waals surface area contributed by atoms with Gasteiger partial charge in [-0.2, -0.15) is 0 Å². The van der Waals surface area contributed by atoms with Crippen molar-refractivity contribution in [2.45, 2.75) is 0 Å². The van der Waals surface area contributed by atoms with Crippen molar-refractivity contribution in [1.82, 2.24) is 4.98 Å². The average molecular weight is 362 g/mol. The summed E-state index contributed by atoms with van der Waals surface area (Å²) in [4.78, 5) is 16.7. The minimum Gasteiger partial charge on any atom is -0.321 e. The number of anilines is 1. The van der Waals surface area contributed by atoms with Gasteiger partial charge in [0.25, 0.3) is 5.91 Å². The van der Waals surface area contributed by atoms with Crippen LogP contribution in [0.25, 0.3) is 10.9 Å². The summed E-state index contributed by atoms with van der Waals surface area (Å²) in [6, 6.07) is 14.6. The van der Waals surface area contributed by atoms with Crippen LogP contribution in [-0.4, -0.2) is 10.9 Å². The molecule has 0 saturated carbocycles. The SMILES string of the molecule is O=C(Nc1cc(Br)ccc1Cl)c1cccc2cccnc12. The molecule has 0 radical (unpaired) electrons. The van der Waals surface area contributed by atoms with E-state index in [-0.39, 0.29) is 5.91 Å². The molecule has 3 nitrogen and oxygen atoms in total. The maximum Gasteiger partial charge on any atom is 0.257 e. The Bertz CT molecular complexity index is 830. The third-order valence-corrected chi connectivity index (χ3v) is 3.88. The molecular weight excluding hydrogens is 352 g/mol. The number of benzene rings is 2. The van der Waals surface area contributed by atoms with Gasteiger partial charge < -0.3 is 5.32 Å². The number of pyridine rings is 1. The molecule has 3 rings (SSSR count). The molecule has 0 saturated heterocycles.